The molecule has 0 unspecified atom stereocenters. The largest absolute Gasteiger partial charge is 0.490 e. The van der Waals surface area contributed by atoms with Crippen LogP contribution in [0.5, 0.6) is 5.75 Å². The normalized spacial score (nSPS) is 14.8. The molecule has 3 aromatic rings. The van der Waals surface area contributed by atoms with E-state index in [0.717, 1.165) is 5.69 Å². The molecule has 200 valence electrons. The predicted molar refractivity (Wildman–Crippen MR) is 147 cm³/mol. The molecule has 1 saturated heterocycles. The van der Waals surface area contributed by atoms with E-state index in [1.807, 2.05) is 18.2 Å². The second-order valence-electron chi connectivity index (χ2n) is 9.62. The number of ketones is 1. The van der Waals surface area contributed by atoms with Crippen molar-refractivity contribution in [3.8, 4) is 16.9 Å². The van der Waals surface area contributed by atoms with Crippen LogP contribution in [0.3, 0.4) is 0 Å². The summed E-state index contributed by atoms with van der Waals surface area (Å²) in [5, 5.41) is 17.5. The molecule has 0 spiro atoms. The van der Waals surface area contributed by atoms with Crippen molar-refractivity contribution in [1.82, 2.24) is 0 Å². The van der Waals surface area contributed by atoms with Gasteiger partial charge in [0.1, 0.15) is 0 Å². The number of amides is 2. The van der Waals surface area contributed by atoms with E-state index in [1.54, 1.807) is 18.2 Å². The number of primary amides is 1. The van der Waals surface area contributed by atoms with Crippen LogP contribution in [0.4, 0.5) is 28.4 Å². The number of piperidine rings is 1. The molecule has 4 N–H and O–H groups in total. The predicted octanol–water partition coefficient (Wildman–Crippen LogP) is 4.48. The topological polar surface area (TPSA) is 157 Å². The first-order valence-corrected chi connectivity index (χ1v) is 12.4. The van der Waals surface area contributed by atoms with Crippen LogP contribution in [0.1, 0.15) is 40.5 Å². The van der Waals surface area contributed by atoms with Gasteiger partial charge in [-0.2, -0.15) is 0 Å². The Hall–Kier alpha value is -4.93. The Kier molecular flexibility index (Phi) is 6.65. The van der Waals surface area contributed by atoms with Gasteiger partial charge in [0.2, 0.25) is 5.91 Å². The lowest BCUT2D eigenvalue weighted by molar-refractivity contribution is -0.385. The van der Waals surface area contributed by atoms with Gasteiger partial charge in [0.15, 0.2) is 11.5 Å². The molecule has 11 heteroatoms. The van der Waals surface area contributed by atoms with E-state index >= 15 is 0 Å². The Labute approximate surface area is 224 Å². The SMILES string of the molecule is COc1cc(-c2cc3c(c(C(C)=O)c2)C(=O)Nc2cc(N4CCC(C(N)=O)CC4)ccc2N3)ccc1[N+](=O)[O-]. The number of nitrogens with zero attached hydrogens (tertiary/aromatic N) is 2. The number of ether oxygens (including phenoxy) is 1. The second kappa shape index (κ2) is 10.1. The number of benzene rings is 3. The molecule has 5 rings (SSSR count). The molecule has 0 saturated carbocycles. The maximum Gasteiger partial charge on any atom is 0.310 e. The molecule has 11 nitrogen and oxygen atoms in total. The molecule has 2 aliphatic rings. The molecular weight excluding hydrogens is 502 g/mol. The minimum atomic E-state index is -0.530. The van der Waals surface area contributed by atoms with E-state index in [1.165, 1.54) is 26.2 Å². The molecule has 0 bridgehead atoms. The highest BCUT2D eigenvalue weighted by atomic mass is 16.6. The zero-order valence-electron chi connectivity index (χ0n) is 21.4. The molecule has 0 aromatic heterocycles. The quantitative estimate of drug-likeness (QED) is 0.240. The fraction of sp³-hybridized carbons (Fsp3) is 0.250. The van der Waals surface area contributed by atoms with Crippen molar-refractivity contribution in [3.63, 3.8) is 0 Å². The Morgan fingerprint density at radius 3 is 2.38 bits per heavy atom. The number of nitro groups is 1. The number of nitrogens with two attached hydrogens (primary N) is 1. The number of fused-ring (bicyclic) bond motifs is 2. The third-order valence-corrected chi connectivity index (χ3v) is 7.24. The standard InChI is InChI=1S/C28H27N5O6/c1-15(34)20-11-18(17-3-6-24(33(37)38)25(13-17)39-2)12-23-26(20)28(36)31-22-14-19(4-5-21(22)30-23)32-9-7-16(8-10-32)27(29)35/h3-6,11-14,16,30H,7-10H2,1-2H3,(H2,29,35)(H,31,36). The highest BCUT2D eigenvalue weighted by molar-refractivity contribution is 6.18. The summed E-state index contributed by atoms with van der Waals surface area (Å²) in [6, 6.07) is 13.4. The number of carbonyl (C=O) groups is 3. The van der Waals surface area contributed by atoms with Crippen molar-refractivity contribution in [1.29, 1.82) is 0 Å². The van der Waals surface area contributed by atoms with Gasteiger partial charge in [-0.1, -0.05) is 0 Å². The summed E-state index contributed by atoms with van der Waals surface area (Å²) in [6.07, 6.45) is 1.33. The Balaban J connectivity index is 1.52. The number of anilines is 4. The number of carbonyl (C=O) groups excluding carboxylic acids is 3. The van der Waals surface area contributed by atoms with Gasteiger partial charge in [-0.25, -0.2) is 0 Å². The third-order valence-electron chi connectivity index (χ3n) is 7.24. The molecule has 39 heavy (non-hydrogen) atoms. The minimum Gasteiger partial charge on any atom is -0.490 e. The van der Waals surface area contributed by atoms with E-state index in [4.69, 9.17) is 10.5 Å². The summed E-state index contributed by atoms with van der Waals surface area (Å²) in [5.41, 5.74) is 9.41. The van der Waals surface area contributed by atoms with Crippen molar-refractivity contribution in [2.75, 3.05) is 35.7 Å². The lowest BCUT2D eigenvalue weighted by atomic mass is 9.94. The molecule has 2 aliphatic heterocycles. The van der Waals surface area contributed by atoms with Gasteiger partial charge in [0.05, 0.1) is 34.7 Å². The van der Waals surface area contributed by atoms with E-state index in [-0.39, 0.29) is 40.2 Å². The molecule has 2 amide bonds. The number of methoxy groups -OCH3 is 1. The number of Topliss-reactive ketones (excluding diaryl/α,β-unsaturated/α-hetero) is 1. The van der Waals surface area contributed by atoms with Crippen LogP contribution in [-0.2, 0) is 4.79 Å². The van der Waals surface area contributed by atoms with Crippen LogP contribution in [0, 0.1) is 16.0 Å². The van der Waals surface area contributed by atoms with Gasteiger partial charge < -0.3 is 26.0 Å². The number of rotatable bonds is 6. The zero-order chi connectivity index (χ0) is 27.8. The molecule has 1 fully saturated rings. The van der Waals surface area contributed by atoms with Gasteiger partial charge in [0.25, 0.3) is 5.91 Å². The lowest BCUT2D eigenvalue weighted by Gasteiger charge is -2.32. The van der Waals surface area contributed by atoms with Crippen LogP contribution < -0.4 is 26.0 Å². The highest BCUT2D eigenvalue weighted by Gasteiger charge is 2.28. The maximum atomic E-state index is 13.4. The summed E-state index contributed by atoms with van der Waals surface area (Å²) in [6.45, 7) is 2.73. The summed E-state index contributed by atoms with van der Waals surface area (Å²) >= 11 is 0. The van der Waals surface area contributed by atoms with Crippen LogP contribution in [0.25, 0.3) is 11.1 Å². The minimum absolute atomic E-state index is 0.0836. The van der Waals surface area contributed by atoms with E-state index in [9.17, 15) is 24.5 Å². The molecule has 0 atom stereocenters. The fourth-order valence-corrected chi connectivity index (χ4v) is 5.13. The molecule has 3 aromatic carbocycles. The smallest absolute Gasteiger partial charge is 0.310 e. The molecular formula is C28H27N5O6. The van der Waals surface area contributed by atoms with E-state index in [2.05, 4.69) is 15.5 Å². The van der Waals surface area contributed by atoms with Crippen molar-refractivity contribution in [3.05, 3.63) is 69.8 Å². The number of hydrogen-bond acceptors (Lipinski definition) is 8. The van der Waals surface area contributed by atoms with Crippen molar-refractivity contribution in [2.24, 2.45) is 11.7 Å². The number of nitrogens with one attached hydrogen (secondary N) is 2. The monoisotopic (exact) mass is 529 g/mol. The van der Waals surface area contributed by atoms with E-state index in [0.29, 0.717) is 54.1 Å². The van der Waals surface area contributed by atoms with Crippen LogP contribution in [0.2, 0.25) is 0 Å². The average molecular weight is 530 g/mol. The zero-order valence-corrected chi connectivity index (χ0v) is 21.4. The highest BCUT2D eigenvalue weighted by Crippen LogP contribution is 2.40. The van der Waals surface area contributed by atoms with Gasteiger partial charge >= 0.3 is 5.69 Å². The Morgan fingerprint density at radius 2 is 1.74 bits per heavy atom. The van der Waals surface area contributed by atoms with Crippen LogP contribution in [-0.4, -0.2) is 42.7 Å². The number of hydrogen-bond donors (Lipinski definition) is 3. The van der Waals surface area contributed by atoms with Gasteiger partial charge in [-0.3, -0.25) is 24.5 Å². The van der Waals surface area contributed by atoms with Crippen molar-refractivity contribution >= 4 is 46.0 Å². The van der Waals surface area contributed by atoms with Crippen molar-refractivity contribution in [2.45, 2.75) is 19.8 Å². The van der Waals surface area contributed by atoms with Crippen LogP contribution >= 0.6 is 0 Å². The summed E-state index contributed by atoms with van der Waals surface area (Å²) in [5.74, 6) is -1.06. The first-order chi connectivity index (χ1) is 18.7. The second-order valence-corrected chi connectivity index (χ2v) is 9.62. The Morgan fingerprint density at radius 1 is 1.00 bits per heavy atom. The summed E-state index contributed by atoms with van der Waals surface area (Å²) in [4.78, 5) is 50.5. The lowest BCUT2D eigenvalue weighted by Crippen LogP contribution is -2.38. The first kappa shape index (κ1) is 25.7. The average Bonchev–Trinajstić information content (AvgIpc) is 3.06. The van der Waals surface area contributed by atoms with Crippen molar-refractivity contribution < 1.29 is 24.0 Å². The van der Waals surface area contributed by atoms with Gasteiger partial charge in [0, 0.05) is 36.3 Å². The maximum absolute atomic E-state index is 13.4. The van der Waals surface area contributed by atoms with E-state index < -0.39 is 10.8 Å². The molecule has 0 radical (unpaired) electrons. The summed E-state index contributed by atoms with van der Waals surface area (Å²) < 4.78 is 5.21. The van der Waals surface area contributed by atoms with Gasteiger partial charge in [-0.05, 0) is 73.4 Å². The Bertz CT molecular complexity index is 1530. The van der Waals surface area contributed by atoms with Gasteiger partial charge in [-0.15, -0.1) is 0 Å². The summed E-state index contributed by atoms with van der Waals surface area (Å²) in [7, 11) is 1.35. The molecule has 2 heterocycles. The third kappa shape index (κ3) is 4.86. The molecule has 0 aliphatic carbocycles. The fourth-order valence-electron chi connectivity index (χ4n) is 5.13. The van der Waals surface area contributed by atoms with Crippen LogP contribution in [0.15, 0.2) is 48.5 Å². The first-order valence-electron chi connectivity index (χ1n) is 12.4. The number of nitro benzene ring substituents is 1.